The summed E-state index contributed by atoms with van der Waals surface area (Å²) in [6.45, 7) is 4.01. The van der Waals surface area contributed by atoms with Crippen LogP contribution < -0.4 is 9.47 Å². The van der Waals surface area contributed by atoms with Crippen LogP contribution in [0.25, 0.3) is 0 Å². The van der Waals surface area contributed by atoms with Crippen LogP contribution in [0.15, 0.2) is 18.2 Å². The third-order valence-electron chi connectivity index (χ3n) is 5.21. The summed E-state index contributed by atoms with van der Waals surface area (Å²) in [5.41, 5.74) is 0.137. The molecule has 1 aliphatic heterocycles. The Morgan fingerprint density at radius 2 is 1.93 bits per heavy atom. The SMILES string of the molecule is CCCC1(C)c2c(F)c(Cl)nc(Cl)c2C(=O)N1Cc1ccc(OC)cc1OC. The van der Waals surface area contributed by atoms with Crippen molar-refractivity contribution < 1.29 is 18.7 Å². The Bertz CT molecular complexity index is 938. The number of fused-ring (bicyclic) bond motifs is 1. The van der Waals surface area contributed by atoms with Crippen molar-refractivity contribution in [2.75, 3.05) is 14.2 Å². The first-order valence-electron chi connectivity index (χ1n) is 8.86. The maximum absolute atomic E-state index is 15.0. The molecule has 1 aliphatic rings. The van der Waals surface area contributed by atoms with Crippen molar-refractivity contribution in [3.05, 3.63) is 51.0 Å². The summed E-state index contributed by atoms with van der Waals surface area (Å²) in [7, 11) is 3.11. The summed E-state index contributed by atoms with van der Waals surface area (Å²) in [6, 6.07) is 5.35. The van der Waals surface area contributed by atoms with Crippen LogP contribution in [0.5, 0.6) is 11.5 Å². The largest absolute Gasteiger partial charge is 0.497 e. The average molecular weight is 427 g/mol. The molecule has 0 radical (unpaired) electrons. The van der Waals surface area contributed by atoms with Gasteiger partial charge in [-0.15, -0.1) is 0 Å². The van der Waals surface area contributed by atoms with Crippen LogP contribution in [0.3, 0.4) is 0 Å². The fraction of sp³-hybridized carbons (Fsp3) is 0.400. The van der Waals surface area contributed by atoms with Gasteiger partial charge in [0, 0.05) is 17.2 Å². The molecule has 0 saturated carbocycles. The number of amides is 1. The molecule has 1 aromatic carbocycles. The predicted molar refractivity (Wildman–Crippen MR) is 106 cm³/mol. The van der Waals surface area contributed by atoms with Gasteiger partial charge in [0.05, 0.1) is 31.9 Å². The number of hydrogen-bond donors (Lipinski definition) is 0. The van der Waals surface area contributed by atoms with E-state index in [-0.39, 0.29) is 33.9 Å². The lowest BCUT2D eigenvalue weighted by molar-refractivity contribution is 0.0527. The summed E-state index contributed by atoms with van der Waals surface area (Å²) in [5.74, 6) is 0.133. The van der Waals surface area contributed by atoms with Crippen molar-refractivity contribution >= 4 is 29.1 Å². The first-order valence-corrected chi connectivity index (χ1v) is 9.61. The van der Waals surface area contributed by atoms with E-state index >= 15 is 0 Å². The topological polar surface area (TPSA) is 51.7 Å². The number of nitrogens with zero attached hydrogens (tertiary/aromatic N) is 2. The summed E-state index contributed by atoms with van der Waals surface area (Å²) < 4.78 is 25.6. The number of ether oxygens (including phenoxy) is 2. The number of rotatable bonds is 6. The first-order chi connectivity index (χ1) is 13.3. The van der Waals surface area contributed by atoms with E-state index in [9.17, 15) is 9.18 Å². The summed E-state index contributed by atoms with van der Waals surface area (Å²) in [5, 5.41) is -0.416. The normalized spacial score (nSPS) is 18.4. The van der Waals surface area contributed by atoms with E-state index in [1.54, 1.807) is 31.3 Å². The molecule has 8 heteroatoms. The van der Waals surface area contributed by atoms with Gasteiger partial charge in [-0.3, -0.25) is 4.79 Å². The smallest absolute Gasteiger partial charge is 0.258 e. The highest BCUT2D eigenvalue weighted by Gasteiger charge is 2.50. The van der Waals surface area contributed by atoms with Crippen LogP contribution in [-0.2, 0) is 12.1 Å². The van der Waals surface area contributed by atoms with Crippen LogP contribution in [0.1, 0.15) is 48.2 Å². The molecule has 0 fully saturated rings. The van der Waals surface area contributed by atoms with Gasteiger partial charge in [0.2, 0.25) is 0 Å². The minimum Gasteiger partial charge on any atom is -0.497 e. The standard InChI is InChI=1S/C20H21Cl2FN2O3/c1-5-8-20(2)15-14(17(21)24-18(22)16(15)23)19(26)25(20)10-11-6-7-12(27-3)9-13(11)28-4/h6-7,9H,5,8,10H2,1-4H3. The summed E-state index contributed by atoms with van der Waals surface area (Å²) in [6.07, 6.45) is 1.27. The van der Waals surface area contributed by atoms with Gasteiger partial charge in [0.1, 0.15) is 16.7 Å². The minimum atomic E-state index is -0.910. The second-order valence-electron chi connectivity index (χ2n) is 6.85. The second kappa shape index (κ2) is 7.76. The lowest BCUT2D eigenvalue weighted by Gasteiger charge is -2.36. The summed E-state index contributed by atoms with van der Waals surface area (Å²) in [4.78, 5) is 18.6. The lowest BCUT2D eigenvalue weighted by Crippen LogP contribution is -2.41. The van der Waals surface area contributed by atoms with Crippen LogP contribution in [-0.4, -0.2) is 30.0 Å². The van der Waals surface area contributed by atoms with Gasteiger partial charge in [-0.05, 0) is 25.5 Å². The van der Waals surface area contributed by atoms with Gasteiger partial charge >= 0.3 is 0 Å². The molecule has 0 spiro atoms. The molecule has 5 nitrogen and oxygen atoms in total. The molecule has 0 N–H and O–H groups in total. The molecule has 1 atom stereocenters. The Labute approximate surface area is 173 Å². The zero-order valence-corrected chi connectivity index (χ0v) is 17.6. The Kier molecular flexibility index (Phi) is 5.73. The number of benzene rings is 1. The third-order valence-corrected chi connectivity index (χ3v) is 5.73. The van der Waals surface area contributed by atoms with E-state index in [0.29, 0.717) is 17.9 Å². The Morgan fingerprint density at radius 3 is 2.54 bits per heavy atom. The number of methoxy groups -OCH3 is 2. The number of carbonyl (C=O) groups is 1. The van der Waals surface area contributed by atoms with E-state index in [2.05, 4.69) is 4.98 Å². The predicted octanol–water partition coefficient (Wildman–Crippen LogP) is 5.22. The van der Waals surface area contributed by atoms with Crippen molar-refractivity contribution in [2.24, 2.45) is 0 Å². The summed E-state index contributed by atoms with van der Waals surface area (Å²) >= 11 is 12.1. The van der Waals surface area contributed by atoms with Crippen LogP contribution in [0.4, 0.5) is 4.39 Å². The number of aromatic nitrogens is 1. The van der Waals surface area contributed by atoms with Crippen LogP contribution >= 0.6 is 23.2 Å². The molecule has 1 amide bonds. The number of hydrogen-bond acceptors (Lipinski definition) is 4. The van der Waals surface area contributed by atoms with Crippen molar-refractivity contribution in [3.63, 3.8) is 0 Å². The van der Waals surface area contributed by atoms with Crippen LogP contribution in [0.2, 0.25) is 10.3 Å². The van der Waals surface area contributed by atoms with Gasteiger partial charge < -0.3 is 14.4 Å². The molecular formula is C20H21Cl2FN2O3. The highest BCUT2D eigenvalue weighted by Crippen LogP contribution is 2.47. The molecule has 1 aromatic heterocycles. The Balaban J connectivity index is 2.13. The fourth-order valence-corrected chi connectivity index (χ4v) is 4.33. The quantitative estimate of drug-likeness (QED) is 0.594. The van der Waals surface area contributed by atoms with Crippen molar-refractivity contribution in [1.82, 2.24) is 9.88 Å². The van der Waals surface area contributed by atoms with E-state index in [1.807, 2.05) is 19.9 Å². The van der Waals surface area contributed by atoms with E-state index in [0.717, 1.165) is 12.0 Å². The number of pyridine rings is 1. The number of halogens is 3. The molecule has 1 unspecified atom stereocenters. The molecule has 0 bridgehead atoms. The van der Waals surface area contributed by atoms with E-state index in [1.165, 1.54) is 0 Å². The first kappa shape index (κ1) is 20.7. The zero-order valence-electron chi connectivity index (χ0n) is 16.1. The molecule has 0 aliphatic carbocycles. The Hall–Kier alpha value is -2.05. The molecule has 28 heavy (non-hydrogen) atoms. The van der Waals surface area contributed by atoms with Gasteiger partial charge in [-0.1, -0.05) is 36.5 Å². The van der Waals surface area contributed by atoms with Crippen molar-refractivity contribution in [3.8, 4) is 11.5 Å². The average Bonchev–Trinajstić information content (AvgIpc) is 2.88. The maximum Gasteiger partial charge on any atom is 0.258 e. The number of carbonyl (C=O) groups excluding carboxylic acids is 1. The van der Waals surface area contributed by atoms with E-state index < -0.39 is 11.4 Å². The molecule has 2 heterocycles. The fourth-order valence-electron chi connectivity index (χ4n) is 3.85. The van der Waals surface area contributed by atoms with Gasteiger partial charge in [-0.2, -0.15) is 0 Å². The van der Waals surface area contributed by atoms with E-state index in [4.69, 9.17) is 32.7 Å². The molecule has 0 saturated heterocycles. The van der Waals surface area contributed by atoms with Crippen LogP contribution in [0, 0.1) is 5.82 Å². The highest BCUT2D eigenvalue weighted by molar-refractivity contribution is 6.35. The minimum absolute atomic E-state index is 0.0759. The van der Waals surface area contributed by atoms with Crippen molar-refractivity contribution in [2.45, 2.75) is 38.8 Å². The molecular weight excluding hydrogens is 406 g/mol. The van der Waals surface area contributed by atoms with Gasteiger partial charge in [0.15, 0.2) is 11.0 Å². The van der Waals surface area contributed by atoms with Gasteiger partial charge in [0.25, 0.3) is 5.91 Å². The third kappa shape index (κ3) is 3.18. The highest BCUT2D eigenvalue weighted by atomic mass is 35.5. The zero-order chi connectivity index (χ0) is 20.6. The molecule has 3 rings (SSSR count). The molecule has 2 aromatic rings. The Morgan fingerprint density at radius 1 is 1.21 bits per heavy atom. The second-order valence-corrected chi connectivity index (χ2v) is 7.57. The van der Waals surface area contributed by atoms with Gasteiger partial charge in [-0.25, -0.2) is 9.37 Å². The maximum atomic E-state index is 15.0. The monoisotopic (exact) mass is 426 g/mol. The molecule has 150 valence electrons. The van der Waals surface area contributed by atoms with Crippen molar-refractivity contribution in [1.29, 1.82) is 0 Å². The lowest BCUT2D eigenvalue weighted by atomic mass is 9.87.